The zero-order valence-electron chi connectivity index (χ0n) is 6.62. The predicted octanol–water partition coefficient (Wildman–Crippen LogP) is -1.08. The normalized spacial score (nSPS) is 25.1. The van der Waals surface area contributed by atoms with Crippen molar-refractivity contribution < 1.29 is 14.7 Å². The fourth-order valence-electron chi connectivity index (χ4n) is 1.28. The number of carboxylic acids is 1. The zero-order chi connectivity index (χ0) is 9.14. The van der Waals surface area contributed by atoms with Crippen LogP contribution in [-0.4, -0.2) is 29.6 Å². The second-order valence-electron chi connectivity index (χ2n) is 2.96. The van der Waals surface area contributed by atoms with E-state index in [0.29, 0.717) is 13.0 Å². The first-order valence-corrected chi connectivity index (χ1v) is 3.87. The summed E-state index contributed by atoms with van der Waals surface area (Å²) in [6, 6.07) is -0.918. The molecule has 5 heteroatoms. The van der Waals surface area contributed by atoms with Crippen LogP contribution in [0.15, 0.2) is 0 Å². The number of aliphatic carboxylic acids is 1. The van der Waals surface area contributed by atoms with Gasteiger partial charge in [0.15, 0.2) is 0 Å². The number of hydrogen-bond donors (Lipinski definition) is 3. The van der Waals surface area contributed by atoms with Crippen LogP contribution in [0.25, 0.3) is 0 Å². The minimum Gasteiger partial charge on any atom is -0.480 e. The Morgan fingerprint density at radius 3 is 2.92 bits per heavy atom. The number of rotatable bonds is 3. The van der Waals surface area contributed by atoms with Crippen molar-refractivity contribution in [3.63, 3.8) is 0 Å². The number of hydrogen-bond acceptors (Lipinski definition) is 3. The van der Waals surface area contributed by atoms with Crippen LogP contribution in [0.5, 0.6) is 0 Å². The maximum absolute atomic E-state index is 11.0. The lowest BCUT2D eigenvalue weighted by Crippen LogP contribution is -2.34. The van der Waals surface area contributed by atoms with Crippen LogP contribution >= 0.6 is 0 Å². The van der Waals surface area contributed by atoms with Gasteiger partial charge >= 0.3 is 5.97 Å². The molecule has 0 spiro atoms. The Morgan fingerprint density at radius 1 is 1.83 bits per heavy atom. The molecule has 1 fully saturated rings. The molecule has 1 heterocycles. The molecule has 0 aliphatic carbocycles. The van der Waals surface area contributed by atoms with Gasteiger partial charge in [-0.05, 0) is 12.8 Å². The third-order valence-electron chi connectivity index (χ3n) is 2.02. The minimum atomic E-state index is -1.05. The largest absolute Gasteiger partial charge is 0.480 e. The zero-order valence-corrected chi connectivity index (χ0v) is 6.62. The van der Waals surface area contributed by atoms with Gasteiger partial charge in [-0.25, -0.2) is 0 Å². The van der Waals surface area contributed by atoms with Gasteiger partial charge in [0.25, 0.3) is 0 Å². The van der Waals surface area contributed by atoms with Gasteiger partial charge < -0.3 is 16.2 Å². The highest BCUT2D eigenvalue weighted by molar-refractivity contribution is 5.82. The molecule has 12 heavy (non-hydrogen) atoms. The van der Waals surface area contributed by atoms with Crippen molar-refractivity contribution >= 4 is 11.9 Å². The molecule has 1 aliphatic heterocycles. The highest BCUT2D eigenvalue weighted by Crippen LogP contribution is 2.14. The average molecular weight is 172 g/mol. The van der Waals surface area contributed by atoms with E-state index in [9.17, 15) is 9.59 Å². The van der Waals surface area contributed by atoms with E-state index in [4.69, 9.17) is 10.8 Å². The van der Waals surface area contributed by atoms with E-state index in [1.54, 1.807) is 0 Å². The number of carboxylic acid groups (broad SMARTS) is 1. The maximum atomic E-state index is 11.0. The summed E-state index contributed by atoms with van der Waals surface area (Å²) in [5.41, 5.74) is 5.28. The Labute approximate surface area is 69.9 Å². The summed E-state index contributed by atoms with van der Waals surface area (Å²) in [5, 5.41) is 11.1. The summed E-state index contributed by atoms with van der Waals surface area (Å²) >= 11 is 0. The van der Waals surface area contributed by atoms with Crippen LogP contribution in [0.4, 0.5) is 0 Å². The van der Waals surface area contributed by atoms with E-state index in [1.165, 1.54) is 0 Å². The van der Waals surface area contributed by atoms with Gasteiger partial charge in [-0.2, -0.15) is 0 Å². The molecule has 68 valence electrons. The molecule has 2 atom stereocenters. The van der Waals surface area contributed by atoms with Crippen LogP contribution in [0.3, 0.4) is 0 Å². The number of amides is 1. The fourth-order valence-corrected chi connectivity index (χ4v) is 1.28. The number of carbonyl (C=O) groups is 2. The molecular formula is C7H12N2O3. The standard InChI is InChI=1S/C7H12N2O3/c8-5(7(11)12)3-4-1-2-9-6(4)10/h4-5H,1-3,8H2,(H,9,10)(H,11,12)/t4-,5?/m0/s1. The molecule has 1 amide bonds. The molecule has 1 unspecified atom stereocenters. The van der Waals surface area contributed by atoms with Crippen molar-refractivity contribution in [2.75, 3.05) is 6.54 Å². The third kappa shape index (κ3) is 1.94. The fraction of sp³-hybridized carbons (Fsp3) is 0.714. The van der Waals surface area contributed by atoms with Crippen LogP contribution in [0.2, 0.25) is 0 Å². The van der Waals surface area contributed by atoms with Crippen molar-refractivity contribution in [3.8, 4) is 0 Å². The van der Waals surface area contributed by atoms with Crippen molar-refractivity contribution in [2.45, 2.75) is 18.9 Å². The number of carbonyl (C=O) groups excluding carboxylic acids is 1. The molecule has 1 saturated heterocycles. The maximum Gasteiger partial charge on any atom is 0.320 e. The van der Waals surface area contributed by atoms with E-state index < -0.39 is 12.0 Å². The number of nitrogens with one attached hydrogen (secondary N) is 1. The van der Waals surface area contributed by atoms with Gasteiger partial charge in [0.2, 0.25) is 5.91 Å². The van der Waals surface area contributed by atoms with E-state index in [1.807, 2.05) is 0 Å². The molecule has 0 aromatic heterocycles. The Hall–Kier alpha value is -1.10. The van der Waals surface area contributed by atoms with Crippen molar-refractivity contribution in [3.05, 3.63) is 0 Å². The molecule has 4 N–H and O–H groups in total. The van der Waals surface area contributed by atoms with E-state index in [0.717, 1.165) is 0 Å². The van der Waals surface area contributed by atoms with Gasteiger partial charge in [-0.1, -0.05) is 0 Å². The topological polar surface area (TPSA) is 92.4 Å². The monoisotopic (exact) mass is 172 g/mol. The van der Waals surface area contributed by atoms with Gasteiger partial charge in [-0.3, -0.25) is 9.59 Å². The second kappa shape index (κ2) is 3.53. The molecule has 0 bridgehead atoms. The average Bonchev–Trinajstić information content (AvgIpc) is 2.36. The number of nitrogens with two attached hydrogens (primary N) is 1. The first kappa shape index (κ1) is 8.99. The quantitative estimate of drug-likeness (QED) is 0.505. The second-order valence-corrected chi connectivity index (χ2v) is 2.96. The van der Waals surface area contributed by atoms with Crippen molar-refractivity contribution in [2.24, 2.45) is 11.7 Å². The third-order valence-corrected chi connectivity index (χ3v) is 2.02. The molecule has 0 aromatic rings. The molecular weight excluding hydrogens is 160 g/mol. The summed E-state index contributed by atoms with van der Waals surface area (Å²) in [5.74, 6) is -1.34. The smallest absolute Gasteiger partial charge is 0.320 e. The lowest BCUT2D eigenvalue weighted by molar-refractivity contribution is -0.139. The van der Waals surface area contributed by atoms with Crippen LogP contribution in [0, 0.1) is 5.92 Å². The highest BCUT2D eigenvalue weighted by atomic mass is 16.4. The van der Waals surface area contributed by atoms with Gasteiger partial charge in [0, 0.05) is 12.5 Å². The van der Waals surface area contributed by atoms with E-state index >= 15 is 0 Å². The summed E-state index contributed by atoms with van der Waals surface area (Å²) in [7, 11) is 0. The van der Waals surface area contributed by atoms with Gasteiger partial charge in [0.05, 0.1) is 0 Å². The van der Waals surface area contributed by atoms with Gasteiger partial charge in [0.1, 0.15) is 6.04 Å². The lowest BCUT2D eigenvalue weighted by Gasteiger charge is -2.09. The van der Waals surface area contributed by atoms with Gasteiger partial charge in [-0.15, -0.1) is 0 Å². The lowest BCUT2D eigenvalue weighted by atomic mass is 9.99. The van der Waals surface area contributed by atoms with Crippen molar-refractivity contribution in [1.29, 1.82) is 0 Å². The first-order chi connectivity index (χ1) is 5.61. The Morgan fingerprint density at radius 2 is 2.50 bits per heavy atom. The van der Waals surface area contributed by atoms with Crippen LogP contribution < -0.4 is 11.1 Å². The van der Waals surface area contributed by atoms with Crippen LogP contribution in [-0.2, 0) is 9.59 Å². The molecule has 0 radical (unpaired) electrons. The molecule has 0 saturated carbocycles. The predicted molar refractivity (Wildman–Crippen MR) is 41.3 cm³/mol. The van der Waals surface area contributed by atoms with E-state index in [2.05, 4.69) is 5.32 Å². The molecule has 5 nitrogen and oxygen atoms in total. The summed E-state index contributed by atoms with van der Waals surface area (Å²) < 4.78 is 0. The summed E-state index contributed by atoms with van der Waals surface area (Å²) in [6.45, 7) is 0.635. The Kier molecular flexibility index (Phi) is 2.65. The summed E-state index contributed by atoms with van der Waals surface area (Å²) in [6.07, 6.45) is 0.932. The van der Waals surface area contributed by atoms with E-state index in [-0.39, 0.29) is 18.2 Å². The molecule has 1 rings (SSSR count). The summed E-state index contributed by atoms with van der Waals surface area (Å²) in [4.78, 5) is 21.3. The Bertz CT molecular complexity index is 205. The van der Waals surface area contributed by atoms with Crippen molar-refractivity contribution in [1.82, 2.24) is 5.32 Å². The Balaban J connectivity index is 2.40. The molecule has 1 aliphatic rings. The molecule has 0 aromatic carbocycles. The SMILES string of the molecule is NC(C[C@@H]1CCNC1=O)C(=O)O. The minimum absolute atomic E-state index is 0.0771. The first-order valence-electron chi connectivity index (χ1n) is 3.87. The van der Waals surface area contributed by atoms with Crippen LogP contribution in [0.1, 0.15) is 12.8 Å². The highest BCUT2D eigenvalue weighted by Gasteiger charge is 2.28.